The van der Waals surface area contributed by atoms with Crippen molar-refractivity contribution < 1.29 is 14.3 Å². The Kier molecular flexibility index (Phi) is 2.70. The van der Waals surface area contributed by atoms with Gasteiger partial charge in [0.15, 0.2) is 0 Å². The highest BCUT2D eigenvalue weighted by atomic mass is 19.1. The van der Waals surface area contributed by atoms with Crippen molar-refractivity contribution in [3.05, 3.63) is 58.3 Å². The number of carboxylic acids is 1. The Labute approximate surface area is 94.8 Å². The van der Waals surface area contributed by atoms with Gasteiger partial charge >= 0.3 is 5.97 Å². The lowest BCUT2D eigenvalue weighted by Crippen LogP contribution is -2.20. The molecule has 1 N–H and O–H groups in total. The summed E-state index contributed by atoms with van der Waals surface area (Å²) in [7, 11) is 0. The van der Waals surface area contributed by atoms with E-state index in [0.29, 0.717) is 0 Å². The summed E-state index contributed by atoms with van der Waals surface area (Å²) in [5.41, 5.74) is -1.28. The SMILES string of the molecule is O=C(O)c1nn(-c2ccccc2F)ccc1=O. The Bertz CT molecular complexity index is 637. The molecule has 0 amide bonds. The highest BCUT2D eigenvalue weighted by Crippen LogP contribution is 2.10. The van der Waals surface area contributed by atoms with Crippen LogP contribution in [-0.4, -0.2) is 20.9 Å². The first kappa shape index (κ1) is 11.0. The molecule has 6 heteroatoms. The highest BCUT2D eigenvalue weighted by molar-refractivity contribution is 5.84. The number of hydrogen-bond donors (Lipinski definition) is 1. The van der Waals surface area contributed by atoms with Crippen molar-refractivity contribution in [2.45, 2.75) is 0 Å². The molecule has 0 fully saturated rings. The zero-order valence-electron chi connectivity index (χ0n) is 8.50. The summed E-state index contributed by atoms with van der Waals surface area (Å²) < 4.78 is 14.4. The van der Waals surface area contributed by atoms with Gasteiger partial charge in [-0.3, -0.25) is 4.79 Å². The summed E-state index contributed by atoms with van der Waals surface area (Å²) in [4.78, 5) is 21.9. The Morgan fingerprint density at radius 3 is 2.65 bits per heavy atom. The minimum Gasteiger partial charge on any atom is -0.476 e. The molecule has 0 atom stereocenters. The zero-order chi connectivity index (χ0) is 12.4. The Morgan fingerprint density at radius 1 is 1.29 bits per heavy atom. The van der Waals surface area contributed by atoms with Crippen molar-refractivity contribution >= 4 is 5.97 Å². The maximum atomic E-state index is 13.4. The molecule has 1 heterocycles. The van der Waals surface area contributed by atoms with Gasteiger partial charge in [-0.15, -0.1) is 0 Å². The van der Waals surface area contributed by atoms with Crippen LogP contribution < -0.4 is 5.43 Å². The number of carboxylic acid groups (broad SMARTS) is 1. The lowest BCUT2D eigenvalue weighted by molar-refractivity contribution is 0.0686. The average molecular weight is 234 g/mol. The van der Waals surface area contributed by atoms with Gasteiger partial charge in [-0.1, -0.05) is 12.1 Å². The lowest BCUT2D eigenvalue weighted by Gasteiger charge is -2.06. The van der Waals surface area contributed by atoms with Crippen molar-refractivity contribution in [2.24, 2.45) is 0 Å². The van der Waals surface area contributed by atoms with E-state index in [0.717, 1.165) is 10.7 Å². The molecule has 0 aliphatic rings. The van der Waals surface area contributed by atoms with Crippen LogP contribution in [0.4, 0.5) is 4.39 Å². The largest absolute Gasteiger partial charge is 0.476 e. The van der Waals surface area contributed by atoms with Crippen molar-refractivity contribution in [3.63, 3.8) is 0 Å². The molecule has 17 heavy (non-hydrogen) atoms. The minimum atomic E-state index is -1.44. The summed E-state index contributed by atoms with van der Waals surface area (Å²) in [6.07, 6.45) is 1.22. The summed E-state index contributed by atoms with van der Waals surface area (Å²) >= 11 is 0. The summed E-state index contributed by atoms with van der Waals surface area (Å²) in [6.45, 7) is 0. The van der Waals surface area contributed by atoms with Crippen LogP contribution in [0.5, 0.6) is 0 Å². The third-order valence-corrected chi connectivity index (χ3v) is 2.11. The van der Waals surface area contributed by atoms with E-state index in [1.54, 1.807) is 6.07 Å². The molecule has 0 spiro atoms. The van der Waals surface area contributed by atoms with Gasteiger partial charge in [-0.2, -0.15) is 5.10 Å². The topological polar surface area (TPSA) is 72.2 Å². The Balaban J connectivity index is 2.62. The Hall–Kier alpha value is -2.50. The van der Waals surface area contributed by atoms with Gasteiger partial charge in [-0.25, -0.2) is 13.9 Å². The highest BCUT2D eigenvalue weighted by Gasteiger charge is 2.12. The van der Waals surface area contributed by atoms with E-state index >= 15 is 0 Å². The number of rotatable bonds is 2. The molecule has 0 saturated carbocycles. The Morgan fingerprint density at radius 2 is 2.00 bits per heavy atom. The number of aromatic carboxylic acids is 1. The van der Waals surface area contributed by atoms with Crippen LogP contribution in [0.1, 0.15) is 10.5 Å². The van der Waals surface area contributed by atoms with Crippen LogP contribution in [0, 0.1) is 5.82 Å². The van der Waals surface area contributed by atoms with E-state index in [4.69, 9.17) is 5.11 Å². The van der Waals surface area contributed by atoms with E-state index < -0.39 is 22.9 Å². The standard InChI is InChI=1S/C11H7FN2O3/c12-7-3-1-2-4-8(7)14-6-5-9(15)10(13-14)11(16)17/h1-6H,(H,16,17). The van der Waals surface area contributed by atoms with Gasteiger partial charge in [0.2, 0.25) is 11.1 Å². The van der Waals surface area contributed by atoms with Gasteiger partial charge in [0, 0.05) is 12.3 Å². The number of aromatic nitrogens is 2. The quantitative estimate of drug-likeness (QED) is 0.843. The van der Waals surface area contributed by atoms with Crippen molar-refractivity contribution in [1.82, 2.24) is 9.78 Å². The normalized spacial score (nSPS) is 10.2. The van der Waals surface area contributed by atoms with Crippen molar-refractivity contribution in [1.29, 1.82) is 0 Å². The fourth-order valence-corrected chi connectivity index (χ4v) is 1.33. The van der Waals surface area contributed by atoms with Crippen molar-refractivity contribution in [3.8, 4) is 5.69 Å². The zero-order valence-corrected chi connectivity index (χ0v) is 8.50. The van der Waals surface area contributed by atoms with Gasteiger partial charge in [0.25, 0.3) is 0 Å². The second-order valence-electron chi connectivity index (χ2n) is 3.23. The van der Waals surface area contributed by atoms with Crippen molar-refractivity contribution in [2.75, 3.05) is 0 Å². The van der Waals surface area contributed by atoms with Gasteiger partial charge in [0.05, 0.1) is 0 Å². The molecular weight excluding hydrogens is 227 g/mol. The fourth-order valence-electron chi connectivity index (χ4n) is 1.33. The molecule has 5 nitrogen and oxygen atoms in total. The second kappa shape index (κ2) is 4.17. The molecule has 0 radical (unpaired) electrons. The van der Waals surface area contributed by atoms with E-state index in [1.165, 1.54) is 24.4 Å². The number of hydrogen-bond acceptors (Lipinski definition) is 3. The number of benzene rings is 1. The number of nitrogens with zero attached hydrogens (tertiary/aromatic N) is 2. The van der Waals surface area contributed by atoms with E-state index in [-0.39, 0.29) is 5.69 Å². The van der Waals surface area contributed by atoms with Crippen LogP contribution in [0.3, 0.4) is 0 Å². The van der Waals surface area contributed by atoms with Gasteiger partial charge < -0.3 is 5.11 Å². The van der Waals surface area contributed by atoms with Crippen LogP contribution in [0.15, 0.2) is 41.3 Å². The molecule has 0 saturated heterocycles. The molecule has 0 aliphatic heterocycles. The number of halogens is 1. The predicted octanol–water partition coefficient (Wildman–Crippen LogP) is 1.07. The van der Waals surface area contributed by atoms with Crippen LogP contribution in [0.2, 0.25) is 0 Å². The molecule has 1 aromatic carbocycles. The van der Waals surface area contributed by atoms with Gasteiger partial charge in [0.1, 0.15) is 11.5 Å². The molecular formula is C11H7FN2O3. The van der Waals surface area contributed by atoms with Crippen LogP contribution in [0.25, 0.3) is 5.69 Å². The maximum absolute atomic E-state index is 13.4. The molecule has 1 aromatic heterocycles. The fraction of sp³-hybridized carbons (Fsp3) is 0. The van der Waals surface area contributed by atoms with Gasteiger partial charge in [-0.05, 0) is 12.1 Å². The molecule has 2 aromatic rings. The monoisotopic (exact) mass is 234 g/mol. The van der Waals surface area contributed by atoms with Crippen LogP contribution in [-0.2, 0) is 0 Å². The first-order chi connectivity index (χ1) is 8.09. The third kappa shape index (κ3) is 2.05. The first-order valence-electron chi connectivity index (χ1n) is 4.68. The number of para-hydroxylation sites is 1. The molecule has 0 aliphatic carbocycles. The lowest BCUT2D eigenvalue weighted by atomic mass is 10.3. The first-order valence-corrected chi connectivity index (χ1v) is 4.68. The molecule has 0 bridgehead atoms. The van der Waals surface area contributed by atoms with E-state index in [1.807, 2.05) is 0 Å². The predicted molar refractivity (Wildman–Crippen MR) is 56.8 cm³/mol. The molecule has 86 valence electrons. The third-order valence-electron chi connectivity index (χ3n) is 2.11. The smallest absolute Gasteiger partial charge is 0.360 e. The minimum absolute atomic E-state index is 0.0787. The van der Waals surface area contributed by atoms with E-state index in [9.17, 15) is 14.0 Å². The maximum Gasteiger partial charge on any atom is 0.360 e. The molecule has 2 rings (SSSR count). The van der Waals surface area contributed by atoms with Crippen LogP contribution >= 0.6 is 0 Å². The number of carbonyl (C=O) groups is 1. The molecule has 0 unspecified atom stereocenters. The summed E-state index contributed by atoms with van der Waals surface area (Å²) in [5.74, 6) is -2.00. The average Bonchev–Trinajstić information content (AvgIpc) is 2.30. The summed E-state index contributed by atoms with van der Waals surface area (Å²) in [5, 5.41) is 12.3. The van der Waals surface area contributed by atoms with E-state index in [2.05, 4.69) is 5.10 Å². The summed E-state index contributed by atoms with van der Waals surface area (Å²) in [6, 6.07) is 6.76. The second-order valence-corrected chi connectivity index (χ2v) is 3.23.